The molecule has 0 aromatic rings. The Morgan fingerprint density at radius 1 is 0.754 bits per heavy atom. The van der Waals surface area contributed by atoms with Crippen molar-refractivity contribution in [1.82, 2.24) is 0 Å². The smallest absolute Gasteiger partial charge is 0.462 e. The van der Waals surface area contributed by atoms with E-state index < -0.39 is 57.1 Å². The second-order valence-electron chi connectivity index (χ2n) is 16.1. The summed E-state index contributed by atoms with van der Waals surface area (Å²) in [6, 6.07) is 0. The van der Waals surface area contributed by atoms with E-state index in [9.17, 15) is 34.4 Å². The summed E-state index contributed by atoms with van der Waals surface area (Å²) in [5.41, 5.74) is 5.35. The molecule has 1 fully saturated rings. The standard InChI is InChI=1S/C47H84NO12P/c1-3-5-7-8-9-10-11-12-13-14-15-16-17-18-19-20-21-22-27-31-45(51)56-38-41(39-58-61(54,55)57-36-35-48)59-46(52)32-28-24-23-26-30-42-43(50)37-47(53)60-44(42)34-33-40(49)29-25-6-4-2/h9-10,12-13,23,26,33-34,40-44,47,49-50,53H,3-8,11,14-22,24-25,27-32,35-39,48H2,1-2H3,(H,54,55)/b10-9-,13-12-,26-23-,34-33+/t40-,41+,42-,43-,44+,47?/m0/s1. The summed E-state index contributed by atoms with van der Waals surface area (Å²) in [6.07, 6.45) is 34.7. The molecular formula is C47H84NO12P. The molecule has 0 aliphatic carbocycles. The molecule has 0 radical (unpaired) electrons. The van der Waals surface area contributed by atoms with Crippen molar-refractivity contribution < 1.29 is 57.6 Å². The number of hydrogen-bond donors (Lipinski definition) is 5. The van der Waals surface area contributed by atoms with Crippen molar-refractivity contribution in [2.45, 2.75) is 205 Å². The van der Waals surface area contributed by atoms with Crippen molar-refractivity contribution >= 4 is 19.8 Å². The molecule has 1 saturated heterocycles. The Labute approximate surface area is 368 Å². The summed E-state index contributed by atoms with van der Waals surface area (Å²) >= 11 is 0. The number of carbonyl (C=O) groups excluding carboxylic acids is 2. The maximum atomic E-state index is 12.7. The van der Waals surface area contributed by atoms with E-state index in [-0.39, 0.29) is 44.9 Å². The third-order valence-electron chi connectivity index (χ3n) is 10.5. The normalized spacial score (nSPS) is 20.5. The predicted octanol–water partition coefficient (Wildman–Crippen LogP) is 9.61. The Morgan fingerprint density at radius 2 is 1.34 bits per heavy atom. The van der Waals surface area contributed by atoms with E-state index in [0.29, 0.717) is 32.1 Å². The molecule has 354 valence electrons. The summed E-state index contributed by atoms with van der Waals surface area (Å²) in [5.74, 6) is -1.35. The van der Waals surface area contributed by atoms with Gasteiger partial charge in [0.15, 0.2) is 12.4 Å². The maximum absolute atomic E-state index is 12.7. The van der Waals surface area contributed by atoms with Gasteiger partial charge in [-0.15, -0.1) is 0 Å². The van der Waals surface area contributed by atoms with Gasteiger partial charge in [-0.1, -0.05) is 140 Å². The van der Waals surface area contributed by atoms with Crippen LogP contribution < -0.4 is 5.73 Å². The molecule has 0 aromatic carbocycles. The number of nitrogens with two attached hydrogens (primary N) is 1. The number of hydrogen-bond acceptors (Lipinski definition) is 12. The lowest BCUT2D eigenvalue weighted by atomic mass is 9.87. The van der Waals surface area contributed by atoms with Crippen LogP contribution in [-0.2, 0) is 37.4 Å². The van der Waals surface area contributed by atoms with E-state index in [1.807, 2.05) is 12.2 Å². The van der Waals surface area contributed by atoms with Gasteiger partial charge in [-0.3, -0.25) is 18.6 Å². The number of esters is 2. The van der Waals surface area contributed by atoms with Gasteiger partial charge in [0.2, 0.25) is 0 Å². The SMILES string of the molecule is CCCCC/C=C\C/C=C\CCCCCCCCCCCC(=O)OC[C@H](COP(=O)(O)OCCN)OC(=O)CCC/C=C\C[C@H]1[C@@H](O)CC(O)O[C@@H]1/C=C/[C@@H](O)CCCCC. The van der Waals surface area contributed by atoms with Crippen molar-refractivity contribution in [3.05, 3.63) is 48.6 Å². The van der Waals surface area contributed by atoms with Crippen LogP contribution in [0.5, 0.6) is 0 Å². The lowest BCUT2D eigenvalue weighted by molar-refractivity contribution is -0.199. The number of aliphatic hydroxyl groups is 3. The van der Waals surface area contributed by atoms with E-state index in [2.05, 4.69) is 38.2 Å². The van der Waals surface area contributed by atoms with Crippen molar-refractivity contribution in [1.29, 1.82) is 0 Å². The minimum atomic E-state index is -4.46. The molecule has 0 saturated carbocycles. The lowest BCUT2D eigenvalue weighted by Crippen LogP contribution is -2.43. The van der Waals surface area contributed by atoms with Crippen LogP contribution in [-0.4, -0.2) is 89.2 Å². The van der Waals surface area contributed by atoms with Crippen molar-refractivity contribution in [2.24, 2.45) is 11.7 Å². The molecule has 0 aromatic heterocycles. The van der Waals surface area contributed by atoms with Gasteiger partial charge in [0.05, 0.1) is 31.5 Å². The highest BCUT2D eigenvalue weighted by Gasteiger charge is 2.35. The molecule has 1 heterocycles. The minimum absolute atomic E-state index is 0.00735. The fourth-order valence-electron chi connectivity index (χ4n) is 6.88. The van der Waals surface area contributed by atoms with Crippen LogP contribution in [0.3, 0.4) is 0 Å². The largest absolute Gasteiger partial charge is 0.472 e. The first-order chi connectivity index (χ1) is 29.5. The number of unbranched alkanes of at least 4 members (excludes halogenated alkanes) is 15. The second kappa shape index (κ2) is 38.3. The Hall–Kier alpha value is -2.19. The van der Waals surface area contributed by atoms with E-state index in [1.165, 1.54) is 57.8 Å². The molecule has 0 amide bonds. The Bertz CT molecular complexity index is 1260. The summed E-state index contributed by atoms with van der Waals surface area (Å²) < 4.78 is 38.5. The highest BCUT2D eigenvalue weighted by molar-refractivity contribution is 7.47. The highest BCUT2D eigenvalue weighted by atomic mass is 31.2. The van der Waals surface area contributed by atoms with E-state index in [4.69, 9.17) is 29.0 Å². The summed E-state index contributed by atoms with van der Waals surface area (Å²) in [7, 11) is -4.46. The molecule has 14 heteroatoms. The Balaban J connectivity index is 2.39. The molecule has 1 aliphatic heterocycles. The fraction of sp³-hybridized carbons (Fsp3) is 0.787. The molecule has 1 rings (SSSR count). The monoisotopic (exact) mass is 886 g/mol. The molecule has 6 N–H and O–H groups in total. The minimum Gasteiger partial charge on any atom is -0.462 e. The van der Waals surface area contributed by atoms with Gasteiger partial charge in [0, 0.05) is 31.7 Å². The van der Waals surface area contributed by atoms with Crippen LogP contribution in [0.2, 0.25) is 0 Å². The number of allylic oxidation sites excluding steroid dienone is 6. The first kappa shape index (κ1) is 56.8. The average molecular weight is 886 g/mol. The van der Waals surface area contributed by atoms with Gasteiger partial charge in [0.1, 0.15) is 6.61 Å². The molecular weight excluding hydrogens is 801 g/mol. The van der Waals surface area contributed by atoms with Gasteiger partial charge < -0.3 is 40.2 Å². The molecule has 13 nitrogen and oxygen atoms in total. The van der Waals surface area contributed by atoms with Crippen LogP contribution in [0.4, 0.5) is 0 Å². The molecule has 2 unspecified atom stereocenters. The summed E-state index contributed by atoms with van der Waals surface area (Å²) in [4.78, 5) is 35.2. The average Bonchev–Trinajstić information content (AvgIpc) is 3.23. The number of ether oxygens (including phenoxy) is 3. The number of phosphoric ester groups is 1. The quantitative estimate of drug-likeness (QED) is 0.0169. The van der Waals surface area contributed by atoms with Gasteiger partial charge >= 0.3 is 19.8 Å². The van der Waals surface area contributed by atoms with Gasteiger partial charge in [-0.05, 0) is 64.2 Å². The van der Waals surface area contributed by atoms with Gasteiger partial charge in [-0.25, -0.2) is 4.57 Å². The van der Waals surface area contributed by atoms with Crippen LogP contribution in [0.15, 0.2) is 48.6 Å². The third kappa shape index (κ3) is 33.1. The topological polar surface area (TPSA) is 204 Å². The molecule has 0 spiro atoms. The summed E-state index contributed by atoms with van der Waals surface area (Å²) in [6.45, 7) is 3.28. The number of rotatable bonds is 39. The zero-order chi connectivity index (χ0) is 44.8. The highest BCUT2D eigenvalue weighted by Crippen LogP contribution is 2.43. The van der Waals surface area contributed by atoms with Crippen molar-refractivity contribution in [3.63, 3.8) is 0 Å². The Morgan fingerprint density at radius 3 is 2.02 bits per heavy atom. The van der Waals surface area contributed by atoms with E-state index >= 15 is 0 Å². The van der Waals surface area contributed by atoms with Crippen LogP contribution in [0.25, 0.3) is 0 Å². The van der Waals surface area contributed by atoms with E-state index in [1.54, 1.807) is 12.2 Å². The zero-order valence-electron chi connectivity index (χ0n) is 37.7. The number of carbonyl (C=O) groups is 2. The van der Waals surface area contributed by atoms with Gasteiger partial charge in [0.25, 0.3) is 0 Å². The second-order valence-corrected chi connectivity index (χ2v) is 17.6. The maximum Gasteiger partial charge on any atom is 0.472 e. The summed E-state index contributed by atoms with van der Waals surface area (Å²) in [5, 5.41) is 31.0. The number of aliphatic hydroxyl groups excluding tert-OH is 3. The fourth-order valence-corrected chi connectivity index (χ4v) is 7.65. The molecule has 1 aliphatic rings. The number of phosphoric acid groups is 1. The molecule has 7 atom stereocenters. The van der Waals surface area contributed by atoms with Crippen LogP contribution in [0, 0.1) is 5.92 Å². The predicted molar refractivity (Wildman–Crippen MR) is 241 cm³/mol. The first-order valence-corrected chi connectivity index (χ1v) is 25.0. The Kier molecular flexibility index (Phi) is 35.7. The van der Waals surface area contributed by atoms with E-state index in [0.717, 1.165) is 51.4 Å². The lowest BCUT2D eigenvalue weighted by Gasteiger charge is -2.36. The van der Waals surface area contributed by atoms with Gasteiger partial charge in [-0.2, -0.15) is 0 Å². The molecule has 0 bridgehead atoms. The van der Waals surface area contributed by atoms with Crippen LogP contribution >= 0.6 is 7.82 Å². The van der Waals surface area contributed by atoms with Crippen LogP contribution in [0.1, 0.15) is 174 Å². The molecule has 61 heavy (non-hydrogen) atoms. The third-order valence-corrected chi connectivity index (χ3v) is 11.5. The van der Waals surface area contributed by atoms with Crippen molar-refractivity contribution in [3.8, 4) is 0 Å². The zero-order valence-corrected chi connectivity index (χ0v) is 38.6. The van der Waals surface area contributed by atoms with Crippen molar-refractivity contribution in [2.75, 3.05) is 26.4 Å². The first-order valence-electron chi connectivity index (χ1n) is 23.5.